The van der Waals surface area contributed by atoms with E-state index in [9.17, 15) is 9.59 Å². The highest BCUT2D eigenvalue weighted by molar-refractivity contribution is 6.30. The summed E-state index contributed by atoms with van der Waals surface area (Å²) >= 11 is 5.86. The number of halogens is 1. The lowest BCUT2D eigenvalue weighted by molar-refractivity contribution is 0.122. The van der Waals surface area contributed by atoms with E-state index in [2.05, 4.69) is 15.6 Å². The van der Waals surface area contributed by atoms with Crippen molar-refractivity contribution in [3.8, 4) is 0 Å². The van der Waals surface area contributed by atoms with Gasteiger partial charge in [-0.05, 0) is 25.3 Å². The second-order valence-corrected chi connectivity index (χ2v) is 6.26. The van der Waals surface area contributed by atoms with E-state index in [1.165, 1.54) is 6.20 Å². The number of piperidine rings is 1. The molecule has 2 fully saturated rings. The molecule has 1 aromatic rings. The number of likely N-dealkylation sites (tertiary alicyclic amines) is 1. The summed E-state index contributed by atoms with van der Waals surface area (Å²) in [4.78, 5) is 31.8. The second kappa shape index (κ2) is 7.04. The first-order valence-electron chi connectivity index (χ1n) is 7.84. The first-order valence-corrected chi connectivity index (χ1v) is 8.22. The van der Waals surface area contributed by atoms with Crippen LogP contribution in [0.5, 0.6) is 0 Å². The summed E-state index contributed by atoms with van der Waals surface area (Å²) in [6.45, 7) is 2.82. The fourth-order valence-corrected chi connectivity index (χ4v) is 3.23. The Bertz CT molecular complexity index is 589. The number of hydrogen-bond acceptors (Lipinski definition) is 3. The van der Waals surface area contributed by atoms with Crippen LogP contribution >= 0.6 is 11.6 Å². The van der Waals surface area contributed by atoms with Crippen molar-refractivity contribution in [2.45, 2.75) is 25.3 Å². The number of nitrogens with zero attached hydrogens (tertiary/aromatic N) is 3. The maximum Gasteiger partial charge on any atom is 0.321 e. The average molecular weight is 338 g/mol. The monoisotopic (exact) mass is 337 g/mol. The lowest BCUT2D eigenvalue weighted by atomic mass is 10.0. The van der Waals surface area contributed by atoms with E-state index in [0.29, 0.717) is 23.8 Å². The molecule has 1 aromatic heterocycles. The van der Waals surface area contributed by atoms with Crippen LogP contribution in [-0.4, -0.2) is 59.1 Å². The topological polar surface area (TPSA) is 77.6 Å². The first-order chi connectivity index (χ1) is 11.1. The molecule has 2 saturated heterocycles. The SMILES string of the molecule is O=C(Nc1cncc(Cl)c1)N1CCC(N2CCCNC2=O)CC1. The van der Waals surface area contributed by atoms with Crippen molar-refractivity contribution in [2.24, 2.45) is 0 Å². The van der Waals surface area contributed by atoms with Crippen LogP contribution in [0.1, 0.15) is 19.3 Å². The van der Waals surface area contributed by atoms with Crippen molar-refractivity contribution in [1.29, 1.82) is 0 Å². The molecule has 23 heavy (non-hydrogen) atoms. The van der Waals surface area contributed by atoms with Crippen LogP contribution in [0.25, 0.3) is 0 Å². The molecule has 2 N–H and O–H groups in total. The molecular weight excluding hydrogens is 318 g/mol. The van der Waals surface area contributed by atoms with E-state index in [4.69, 9.17) is 11.6 Å². The van der Waals surface area contributed by atoms with Crippen LogP contribution < -0.4 is 10.6 Å². The number of hydrogen-bond donors (Lipinski definition) is 2. The van der Waals surface area contributed by atoms with Crippen LogP contribution in [-0.2, 0) is 0 Å². The van der Waals surface area contributed by atoms with Gasteiger partial charge in [-0.15, -0.1) is 0 Å². The van der Waals surface area contributed by atoms with E-state index < -0.39 is 0 Å². The molecule has 0 aliphatic carbocycles. The number of amides is 4. The van der Waals surface area contributed by atoms with Gasteiger partial charge in [-0.2, -0.15) is 0 Å². The van der Waals surface area contributed by atoms with Crippen LogP contribution in [0.3, 0.4) is 0 Å². The second-order valence-electron chi connectivity index (χ2n) is 5.82. The highest BCUT2D eigenvalue weighted by Gasteiger charge is 2.30. The average Bonchev–Trinajstić information content (AvgIpc) is 2.55. The Morgan fingerprint density at radius 3 is 2.78 bits per heavy atom. The minimum Gasteiger partial charge on any atom is -0.338 e. The van der Waals surface area contributed by atoms with Gasteiger partial charge in [0.1, 0.15) is 0 Å². The summed E-state index contributed by atoms with van der Waals surface area (Å²) in [7, 11) is 0. The normalized spacial score (nSPS) is 19.4. The Hall–Kier alpha value is -2.02. The Morgan fingerprint density at radius 1 is 1.30 bits per heavy atom. The van der Waals surface area contributed by atoms with Crippen molar-refractivity contribution in [2.75, 3.05) is 31.5 Å². The molecule has 0 saturated carbocycles. The number of urea groups is 2. The molecule has 2 aliphatic rings. The number of nitrogens with one attached hydrogen (secondary N) is 2. The van der Waals surface area contributed by atoms with Crippen LogP contribution in [0.2, 0.25) is 5.02 Å². The summed E-state index contributed by atoms with van der Waals surface area (Å²) in [5, 5.41) is 6.16. The van der Waals surface area contributed by atoms with E-state index in [-0.39, 0.29) is 18.1 Å². The molecule has 0 unspecified atom stereocenters. The molecule has 0 spiro atoms. The molecule has 0 atom stereocenters. The lowest BCUT2D eigenvalue weighted by Crippen LogP contribution is -2.55. The fourth-order valence-electron chi connectivity index (χ4n) is 3.06. The highest BCUT2D eigenvalue weighted by Crippen LogP contribution is 2.20. The number of carbonyl (C=O) groups excluding carboxylic acids is 2. The molecule has 2 aliphatic heterocycles. The smallest absolute Gasteiger partial charge is 0.321 e. The van der Waals surface area contributed by atoms with E-state index >= 15 is 0 Å². The quantitative estimate of drug-likeness (QED) is 0.868. The molecule has 8 heteroatoms. The molecule has 4 amide bonds. The minimum atomic E-state index is -0.157. The maximum atomic E-state index is 12.3. The number of carbonyl (C=O) groups is 2. The van der Waals surface area contributed by atoms with Gasteiger partial charge in [0.2, 0.25) is 0 Å². The highest BCUT2D eigenvalue weighted by atomic mass is 35.5. The summed E-state index contributed by atoms with van der Waals surface area (Å²) in [6.07, 6.45) is 5.67. The van der Waals surface area contributed by atoms with Crippen molar-refractivity contribution in [3.63, 3.8) is 0 Å². The van der Waals surface area contributed by atoms with Crippen molar-refractivity contribution in [3.05, 3.63) is 23.5 Å². The Labute approximate surface area is 140 Å². The number of pyridine rings is 1. The van der Waals surface area contributed by atoms with Gasteiger partial charge in [0, 0.05) is 38.4 Å². The third kappa shape index (κ3) is 3.85. The standard InChI is InChI=1S/C15H20ClN5O2/c16-11-8-12(10-17-9-11)19-15(23)20-6-2-13(3-7-20)21-5-1-4-18-14(21)22/h8-10,13H,1-7H2,(H,18,22)(H,19,23). The van der Waals surface area contributed by atoms with E-state index in [1.807, 2.05) is 4.90 Å². The number of aromatic nitrogens is 1. The van der Waals surface area contributed by atoms with Crippen molar-refractivity contribution < 1.29 is 9.59 Å². The summed E-state index contributed by atoms with van der Waals surface area (Å²) < 4.78 is 0. The largest absolute Gasteiger partial charge is 0.338 e. The summed E-state index contributed by atoms with van der Waals surface area (Å²) in [6, 6.07) is 1.74. The van der Waals surface area contributed by atoms with Crippen molar-refractivity contribution in [1.82, 2.24) is 20.1 Å². The predicted octanol–water partition coefficient (Wildman–Crippen LogP) is 2.15. The molecule has 0 bridgehead atoms. The minimum absolute atomic E-state index is 0.0177. The zero-order chi connectivity index (χ0) is 16.2. The van der Waals surface area contributed by atoms with Crippen molar-refractivity contribution >= 4 is 29.4 Å². The van der Waals surface area contributed by atoms with Crippen LogP contribution in [0.4, 0.5) is 15.3 Å². The molecule has 3 rings (SSSR count). The summed E-state index contributed by atoms with van der Waals surface area (Å²) in [5.41, 5.74) is 0.583. The van der Waals surface area contributed by atoms with Gasteiger partial charge in [-0.25, -0.2) is 9.59 Å². The van der Waals surface area contributed by atoms with Gasteiger partial charge in [0.25, 0.3) is 0 Å². The van der Waals surface area contributed by atoms with Gasteiger partial charge in [0.05, 0.1) is 16.9 Å². The van der Waals surface area contributed by atoms with Crippen LogP contribution in [0, 0.1) is 0 Å². The molecule has 0 aromatic carbocycles. The first kappa shape index (κ1) is 15.9. The third-order valence-corrected chi connectivity index (χ3v) is 4.47. The Kier molecular flexibility index (Phi) is 4.85. The number of rotatable bonds is 2. The summed E-state index contributed by atoms with van der Waals surface area (Å²) in [5.74, 6) is 0. The van der Waals surface area contributed by atoms with Crippen LogP contribution in [0.15, 0.2) is 18.5 Å². The lowest BCUT2D eigenvalue weighted by Gasteiger charge is -2.40. The Morgan fingerprint density at radius 2 is 2.09 bits per heavy atom. The fraction of sp³-hybridized carbons (Fsp3) is 0.533. The molecule has 0 radical (unpaired) electrons. The molecule has 124 valence electrons. The van der Waals surface area contributed by atoms with Gasteiger partial charge in [-0.3, -0.25) is 4.98 Å². The van der Waals surface area contributed by atoms with Gasteiger partial charge >= 0.3 is 12.1 Å². The van der Waals surface area contributed by atoms with Gasteiger partial charge in [-0.1, -0.05) is 11.6 Å². The zero-order valence-corrected chi connectivity index (χ0v) is 13.6. The van der Waals surface area contributed by atoms with Gasteiger partial charge in [0.15, 0.2) is 0 Å². The molecular formula is C15H20ClN5O2. The zero-order valence-electron chi connectivity index (χ0n) is 12.8. The van der Waals surface area contributed by atoms with Gasteiger partial charge < -0.3 is 20.4 Å². The number of anilines is 1. The third-order valence-electron chi connectivity index (χ3n) is 4.26. The predicted molar refractivity (Wildman–Crippen MR) is 87.6 cm³/mol. The molecule has 3 heterocycles. The van der Waals surface area contributed by atoms with E-state index in [1.54, 1.807) is 17.2 Å². The van der Waals surface area contributed by atoms with E-state index in [0.717, 1.165) is 32.4 Å². The maximum absolute atomic E-state index is 12.3. The Balaban J connectivity index is 1.52. The molecule has 7 nitrogen and oxygen atoms in total.